The molecule has 0 bridgehead atoms. The lowest BCUT2D eigenvalue weighted by Gasteiger charge is -2.49. The summed E-state index contributed by atoms with van der Waals surface area (Å²) in [6, 6.07) is 5.84. The highest BCUT2D eigenvalue weighted by Gasteiger charge is 2.44. The lowest BCUT2D eigenvalue weighted by molar-refractivity contribution is -0.0304. The van der Waals surface area contributed by atoms with Gasteiger partial charge in [0.05, 0.1) is 13.1 Å². The summed E-state index contributed by atoms with van der Waals surface area (Å²) < 4.78 is 0. The maximum absolute atomic E-state index is 10.0. The van der Waals surface area contributed by atoms with Gasteiger partial charge in [0.1, 0.15) is 11.4 Å². The summed E-state index contributed by atoms with van der Waals surface area (Å²) in [4.78, 5) is 6.34. The number of hydrogen-bond donors (Lipinski definition) is 1. The first-order chi connectivity index (χ1) is 6.62. The van der Waals surface area contributed by atoms with Crippen molar-refractivity contribution in [2.75, 3.05) is 18.0 Å². The molecule has 1 saturated heterocycles. The van der Waals surface area contributed by atoms with Crippen molar-refractivity contribution < 1.29 is 5.11 Å². The third kappa shape index (κ3) is 1.48. The van der Waals surface area contributed by atoms with E-state index < -0.39 is 5.60 Å². The summed E-state index contributed by atoms with van der Waals surface area (Å²) >= 11 is 0. The SMILES string of the molecule is CC(C)C1(O)CN(c2ccccn2)C1. The van der Waals surface area contributed by atoms with Gasteiger partial charge in [-0.15, -0.1) is 0 Å². The molecule has 0 atom stereocenters. The fourth-order valence-electron chi connectivity index (χ4n) is 1.68. The Kier molecular flexibility index (Phi) is 2.19. The van der Waals surface area contributed by atoms with Crippen LogP contribution in [-0.2, 0) is 0 Å². The molecule has 0 radical (unpaired) electrons. The zero-order valence-electron chi connectivity index (χ0n) is 8.64. The summed E-state index contributed by atoms with van der Waals surface area (Å²) in [5.41, 5.74) is -0.516. The number of nitrogens with zero attached hydrogens (tertiary/aromatic N) is 2. The molecular formula is C11H16N2O. The van der Waals surface area contributed by atoms with Crippen molar-refractivity contribution in [1.82, 2.24) is 4.98 Å². The number of rotatable bonds is 2. The van der Waals surface area contributed by atoms with Gasteiger partial charge in [-0.1, -0.05) is 19.9 Å². The average molecular weight is 192 g/mol. The van der Waals surface area contributed by atoms with Gasteiger partial charge in [0.15, 0.2) is 0 Å². The monoisotopic (exact) mass is 192 g/mol. The summed E-state index contributed by atoms with van der Waals surface area (Å²) in [5.74, 6) is 1.26. The summed E-state index contributed by atoms with van der Waals surface area (Å²) in [6.45, 7) is 5.49. The van der Waals surface area contributed by atoms with Crippen LogP contribution in [0.25, 0.3) is 0 Å². The molecule has 0 saturated carbocycles. The van der Waals surface area contributed by atoms with Gasteiger partial charge in [-0.3, -0.25) is 0 Å². The van der Waals surface area contributed by atoms with Crippen LogP contribution >= 0.6 is 0 Å². The molecule has 3 nitrogen and oxygen atoms in total. The van der Waals surface area contributed by atoms with Crippen LogP contribution in [0.2, 0.25) is 0 Å². The fraction of sp³-hybridized carbons (Fsp3) is 0.545. The topological polar surface area (TPSA) is 36.4 Å². The Morgan fingerprint density at radius 1 is 1.43 bits per heavy atom. The van der Waals surface area contributed by atoms with Crippen LogP contribution in [0.3, 0.4) is 0 Å². The molecule has 1 aromatic rings. The van der Waals surface area contributed by atoms with Gasteiger partial charge in [-0.25, -0.2) is 4.98 Å². The van der Waals surface area contributed by atoms with Gasteiger partial charge < -0.3 is 10.0 Å². The lowest BCUT2D eigenvalue weighted by Crippen LogP contribution is -2.65. The van der Waals surface area contributed by atoms with E-state index in [1.54, 1.807) is 6.20 Å². The lowest BCUT2D eigenvalue weighted by atomic mass is 9.83. The van der Waals surface area contributed by atoms with Crippen LogP contribution in [0.4, 0.5) is 5.82 Å². The first kappa shape index (κ1) is 9.46. The average Bonchev–Trinajstić information content (AvgIpc) is 2.14. The van der Waals surface area contributed by atoms with Gasteiger partial charge in [-0.2, -0.15) is 0 Å². The quantitative estimate of drug-likeness (QED) is 0.767. The molecule has 0 aromatic carbocycles. The molecule has 0 amide bonds. The van der Waals surface area contributed by atoms with Crippen molar-refractivity contribution in [3.8, 4) is 0 Å². The van der Waals surface area contributed by atoms with Crippen LogP contribution in [-0.4, -0.2) is 28.8 Å². The fourth-order valence-corrected chi connectivity index (χ4v) is 1.68. The highest BCUT2D eigenvalue weighted by Crippen LogP contribution is 2.31. The van der Waals surface area contributed by atoms with E-state index in [1.807, 2.05) is 18.2 Å². The highest BCUT2D eigenvalue weighted by atomic mass is 16.3. The van der Waals surface area contributed by atoms with E-state index in [0.717, 1.165) is 5.82 Å². The van der Waals surface area contributed by atoms with Crippen LogP contribution in [0.5, 0.6) is 0 Å². The van der Waals surface area contributed by atoms with Crippen LogP contribution < -0.4 is 4.90 Å². The first-order valence-electron chi connectivity index (χ1n) is 5.00. The van der Waals surface area contributed by atoms with Gasteiger partial charge in [0.25, 0.3) is 0 Å². The number of aromatic nitrogens is 1. The largest absolute Gasteiger partial charge is 0.386 e. The van der Waals surface area contributed by atoms with Gasteiger partial charge in [0.2, 0.25) is 0 Å². The van der Waals surface area contributed by atoms with E-state index in [4.69, 9.17) is 0 Å². The van der Waals surface area contributed by atoms with Crippen molar-refractivity contribution >= 4 is 5.82 Å². The molecule has 76 valence electrons. The summed E-state index contributed by atoms with van der Waals surface area (Å²) in [5, 5.41) is 10.0. The minimum absolute atomic E-state index is 0.308. The third-order valence-electron chi connectivity index (χ3n) is 2.98. The van der Waals surface area contributed by atoms with Crippen molar-refractivity contribution in [3.05, 3.63) is 24.4 Å². The Morgan fingerprint density at radius 3 is 2.64 bits per heavy atom. The van der Waals surface area contributed by atoms with Gasteiger partial charge in [-0.05, 0) is 18.1 Å². The number of aliphatic hydroxyl groups is 1. The van der Waals surface area contributed by atoms with Crippen LogP contribution in [0.15, 0.2) is 24.4 Å². The number of anilines is 1. The van der Waals surface area contributed by atoms with E-state index in [-0.39, 0.29) is 0 Å². The maximum atomic E-state index is 10.0. The highest BCUT2D eigenvalue weighted by molar-refractivity contribution is 5.43. The molecule has 2 heterocycles. The molecule has 1 fully saturated rings. The number of β-amino-alcohol motifs (C(OH)–C–C–N with tert-alkyl or cyclic N) is 1. The molecule has 14 heavy (non-hydrogen) atoms. The van der Waals surface area contributed by atoms with Crippen LogP contribution in [0, 0.1) is 5.92 Å². The Bertz CT molecular complexity index is 304. The van der Waals surface area contributed by atoms with Crippen molar-refractivity contribution in [1.29, 1.82) is 0 Å². The number of hydrogen-bond acceptors (Lipinski definition) is 3. The molecule has 3 heteroatoms. The van der Waals surface area contributed by atoms with E-state index in [0.29, 0.717) is 19.0 Å². The smallest absolute Gasteiger partial charge is 0.128 e. The van der Waals surface area contributed by atoms with Gasteiger partial charge in [0, 0.05) is 6.20 Å². The summed E-state index contributed by atoms with van der Waals surface area (Å²) in [7, 11) is 0. The van der Waals surface area contributed by atoms with Crippen molar-refractivity contribution in [2.24, 2.45) is 5.92 Å². The molecule has 0 spiro atoms. The van der Waals surface area contributed by atoms with E-state index in [2.05, 4.69) is 23.7 Å². The summed E-state index contributed by atoms with van der Waals surface area (Å²) in [6.07, 6.45) is 1.78. The minimum atomic E-state index is -0.516. The van der Waals surface area contributed by atoms with E-state index >= 15 is 0 Å². The second kappa shape index (κ2) is 3.24. The molecule has 1 aliphatic rings. The predicted octanol–water partition coefficient (Wildman–Crippen LogP) is 1.29. The predicted molar refractivity (Wildman–Crippen MR) is 56.2 cm³/mol. The van der Waals surface area contributed by atoms with Crippen LogP contribution in [0.1, 0.15) is 13.8 Å². The van der Waals surface area contributed by atoms with Crippen molar-refractivity contribution in [2.45, 2.75) is 19.4 Å². The normalized spacial score (nSPS) is 19.6. The molecule has 0 unspecified atom stereocenters. The van der Waals surface area contributed by atoms with Crippen molar-refractivity contribution in [3.63, 3.8) is 0 Å². The Labute approximate surface area is 84.4 Å². The maximum Gasteiger partial charge on any atom is 0.128 e. The van der Waals surface area contributed by atoms with E-state index in [9.17, 15) is 5.11 Å². The standard InChI is InChI=1S/C11H16N2O/c1-9(2)11(14)7-13(8-11)10-5-3-4-6-12-10/h3-6,9,14H,7-8H2,1-2H3. The number of pyridine rings is 1. The minimum Gasteiger partial charge on any atom is -0.386 e. The third-order valence-corrected chi connectivity index (χ3v) is 2.98. The molecule has 1 aliphatic heterocycles. The second-order valence-corrected chi connectivity index (χ2v) is 4.30. The molecule has 1 aromatic heterocycles. The molecule has 2 rings (SSSR count). The zero-order chi connectivity index (χ0) is 10.2. The molecule has 0 aliphatic carbocycles. The second-order valence-electron chi connectivity index (χ2n) is 4.30. The first-order valence-corrected chi connectivity index (χ1v) is 5.00. The molecule has 1 N–H and O–H groups in total. The van der Waals surface area contributed by atoms with Gasteiger partial charge >= 0.3 is 0 Å². The Balaban J connectivity index is 2.02. The van der Waals surface area contributed by atoms with E-state index in [1.165, 1.54) is 0 Å². The Hall–Kier alpha value is -1.09. The Morgan fingerprint density at radius 2 is 2.14 bits per heavy atom. The molecular weight excluding hydrogens is 176 g/mol. The zero-order valence-corrected chi connectivity index (χ0v) is 8.64.